The Kier molecular flexibility index (Phi) is 4.62. The molecule has 0 radical (unpaired) electrons. The van der Waals surface area contributed by atoms with Crippen LogP contribution in [0.5, 0.6) is 0 Å². The fourth-order valence-electron chi connectivity index (χ4n) is 3.43. The third-order valence-corrected chi connectivity index (χ3v) is 7.24. The molecule has 1 N–H and O–H groups in total. The summed E-state index contributed by atoms with van der Waals surface area (Å²) in [4.78, 5) is 24.2. The van der Waals surface area contributed by atoms with Gasteiger partial charge in [-0.1, -0.05) is 18.3 Å². The first-order valence-corrected chi connectivity index (χ1v) is 11.3. The van der Waals surface area contributed by atoms with E-state index < -0.39 is 10.0 Å². The fraction of sp³-hybridized carbons (Fsp3) is 0.263. The summed E-state index contributed by atoms with van der Waals surface area (Å²) in [7, 11) is -0.619. The zero-order valence-electron chi connectivity index (χ0n) is 16.2. The highest BCUT2D eigenvalue weighted by Crippen LogP contribution is 2.25. The lowest BCUT2D eigenvalue weighted by Gasteiger charge is -2.09. The van der Waals surface area contributed by atoms with Crippen LogP contribution in [-0.4, -0.2) is 22.1 Å². The summed E-state index contributed by atoms with van der Waals surface area (Å²) < 4.78 is 33.6. The molecule has 0 saturated carbocycles. The van der Waals surface area contributed by atoms with Crippen molar-refractivity contribution in [2.45, 2.75) is 24.8 Å². The molecule has 29 heavy (non-hydrogen) atoms. The lowest BCUT2D eigenvalue weighted by molar-refractivity contribution is 0.601. The van der Waals surface area contributed by atoms with Crippen molar-refractivity contribution in [3.05, 3.63) is 56.5 Å². The molecular formula is C19H20N4O4S2. The number of hydrogen-bond donors (Lipinski definition) is 1. The lowest BCUT2D eigenvalue weighted by Crippen LogP contribution is -2.19. The molecule has 0 aliphatic rings. The Bertz CT molecular complexity index is 1470. The second-order valence-corrected chi connectivity index (χ2v) is 9.53. The number of rotatable bonds is 5. The van der Waals surface area contributed by atoms with E-state index in [0.717, 1.165) is 28.0 Å². The van der Waals surface area contributed by atoms with E-state index in [4.69, 9.17) is 0 Å². The number of anilines is 1. The number of aryl methyl sites for hydroxylation is 3. The molecule has 0 atom stereocenters. The van der Waals surface area contributed by atoms with Crippen LogP contribution in [0.25, 0.3) is 21.3 Å². The highest BCUT2D eigenvalue weighted by molar-refractivity contribution is 7.92. The molecule has 0 spiro atoms. The normalized spacial score (nSPS) is 12.1. The van der Waals surface area contributed by atoms with Crippen molar-refractivity contribution in [1.82, 2.24) is 13.7 Å². The van der Waals surface area contributed by atoms with Gasteiger partial charge in [0.05, 0.1) is 31.8 Å². The number of thiazole rings is 1. The molecule has 4 rings (SSSR count). The van der Waals surface area contributed by atoms with Crippen molar-refractivity contribution in [3.63, 3.8) is 0 Å². The maximum atomic E-state index is 12.9. The largest absolute Gasteiger partial charge is 0.328 e. The average Bonchev–Trinajstić information content (AvgIpc) is 3.10. The van der Waals surface area contributed by atoms with Crippen LogP contribution in [0.1, 0.15) is 13.3 Å². The zero-order valence-corrected chi connectivity index (χ0v) is 17.8. The maximum absolute atomic E-state index is 12.9. The van der Waals surface area contributed by atoms with Gasteiger partial charge in [-0.2, -0.15) is 0 Å². The molecule has 152 valence electrons. The molecule has 10 heteroatoms. The third kappa shape index (κ3) is 3.18. The number of hydrogen-bond acceptors (Lipinski definition) is 5. The summed E-state index contributed by atoms with van der Waals surface area (Å²) in [6.45, 7) is 2.62. The monoisotopic (exact) mass is 432 g/mol. The number of benzene rings is 2. The van der Waals surface area contributed by atoms with E-state index in [2.05, 4.69) is 4.72 Å². The van der Waals surface area contributed by atoms with Gasteiger partial charge >= 0.3 is 10.6 Å². The van der Waals surface area contributed by atoms with E-state index in [0.29, 0.717) is 23.3 Å². The Labute approximate surface area is 170 Å². The quantitative estimate of drug-likeness (QED) is 0.524. The van der Waals surface area contributed by atoms with Crippen LogP contribution in [0.4, 0.5) is 5.69 Å². The van der Waals surface area contributed by atoms with Gasteiger partial charge in [-0.25, -0.2) is 13.2 Å². The number of aromatic nitrogens is 3. The molecule has 0 aliphatic heterocycles. The van der Waals surface area contributed by atoms with Crippen LogP contribution in [0, 0.1) is 0 Å². The van der Waals surface area contributed by atoms with Crippen LogP contribution >= 0.6 is 11.3 Å². The Morgan fingerprint density at radius 2 is 1.66 bits per heavy atom. The summed E-state index contributed by atoms with van der Waals surface area (Å²) in [5.74, 6) is 0. The number of nitrogens with one attached hydrogen (secondary N) is 1. The van der Waals surface area contributed by atoms with Gasteiger partial charge in [0, 0.05) is 20.6 Å². The SMILES string of the molecule is CCCn1c(=O)sc2cc(NS(=O)(=O)c3ccc4c(c3)n(C)c(=O)n4C)ccc21. The van der Waals surface area contributed by atoms with Gasteiger partial charge < -0.3 is 0 Å². The van der Waals surface area contributed by atoms with Gasteiger partial charge in [-0.3, -0.25) is 23.2 Å². The van der Waals surface area contributed by atoms with E-state index >= 15 is 0 Å². The van der Waals surface area contributed by atoms with Crippen molar-refractivity contribution in [2.24, 2.45) is 14.1 Å². The third-order valence-electron chi connectivity index (χ3n) is 4.92. The Morgan fingerprint density at radius 1 is 0.966 bits per heavy atom. The minimum absolute atomic E-state index is 0.0581. The smallest absolute Gasteiger partial charge is 0.299 e. The van der Waals surface area contributed by atoms with Crippen molar-refractivity contribution >= 4 is 48.3 Å². The topological polar surface area (TPSA) is 95.1 Å². The zero-order chi connectivity index (χ0) is 20.9. The molecule has 2 aromatic heterocycles. The van der Waals surface area contributed by atoms with Crippen molar-refractivity contribution in [1.29, 1.82) is 0 Å². The summed E-state index contributed by atoms with van der Waals surface area (Å²) in [6, 6.07) is 9.64. The lowest BCUT2D eigenvalue weighted by atomic mass is 10.3. The van der Waals surface area contributed by atoms with Crippen LogP contribution in [0.2, 0.25) is 0 Å². The number of sulfonamides is 1. The van der Waals surface area contributed by atoms with Crippen molar-refractivity contribution < 1.29 is 8.42 Å². The highest BCUT2D eigenvalue weighted by Gasteiger charge is 2.18. The molecule has 0 amide bonds. The van der Waals surface area contributed by atoms with Crippen LogP contribution < -0.4 is 15.3 Å². The Balaban J connectivity index is 1.73. The first-order valence-electron chi connectivity index (χ1n) is 9.04. The van der Waals surface area contributed by atoms with Crippen LogP contribution in [-0.2, 0) is 30.7 Å². The van der Waals surface area contributed by atoms with Gasteiger partial charge in [0.15, 0.2) is 0 Å². The molecule has 4 aromatic rings. The summed E-state index contributed by atoms with van der Waals surface area (Å²) >= 11 is 1.09. The van der Waals surface area contributed by atoms with E-state index in [-0.39, 0.29) is 15.5 Å². The number of nitrogens with zero attached hydrogens (tertiary/aromatic N) is 3. The van der Waals surface area contributed by atoms with E-state index in [1.54, 1.807) is 42.9 Å². The Morgan fingerprint density at radius 3 is 2.38 bits per heavy atom. The minimum Gasteiger partial charge on any atom is -0.299 e. The van der Waals surface area contributed by atoms with Gasteiger partial charge in [0.1, 0.15) is 0 Å². The van der Waals surface area contributed by atoms with Gasteiger partial charge in [-0.05, 0) is 42.8 Å². The molecule has 0 aliphatic carbocycles. The molecule has 8 nitrogen and oxygen atoms in total. The first kappa shape index (κ1) is 19.5. The highest BCUT2D eigenvalue weighted by atomic mass is 32.2. The molecule has 0 unspecified atom stereocenters. The van der Waals surface area contributed by atoms with Gasteiger partial charge in [0.25, 0.3) is 10.0 Å². The molecule has 2 heterocycles. The Hall–Kier alpha value is -2.85. The molecule has 0 fully saturated rings. The second-order valence-electron chi connectivity index (χ2n) is 6.86. The second kappa shape index (κ2) is 6.89. The van der Waals surface area contributed by atoms with Crippen LogP contribution in [0.3, 0.4) is 0 Å². The maximum Gasteiger partial charge on any atom is 0.328 e. The minimum atomic E-state index is -3.86. The molecule has 2 aromatic carbocycles. The van der Waals surface area contributed by atoms with E-state index in [9.17, 15) is 18.0 Å². The van der Waals surface area contributed by atoms with E-state index in [1.165, 1.54) is 21.3 Å². The summed E-state index contributed by atoms with van der Waals surface area (Å²) in [5.41, 5.74) is 2.14. The fourth-order valence-corrected chi connectivity index (χ4v) is 5.46. The standard InChI is InChI=1S/C19H20N4O4S2/c1-4-9-23-15-7-5-12(10-17(15)28-19(23)25)20-29(26,27)13-6-8-14-16(11-13)22(3)18(24)21(14)2/h5-8,10-11,20H,4,9H2,1-3H3. The first-order chi connectivity index (χ1) is 13.7. The summed E-state index contributed by atoms with van der Waals surface area (Å²) in [6.07, 6.45) is 0.838. The molecular weight excluding hydrogens is 412 g/mol. The predicted octanol–water partition coefficient (Wildman–Crippen LogP) is 2.46. The van der Waals surface area contributed by atoms with Gasteiger partial charge in [0.2, 0.25) is 0 Å². The average molecular weight is 433 g/mol. The number of fused-ring (bicyclic) bond motifs is 2. The molecule has 0 bridgehead atoms. The number of imidazole rings is 1. The van der Waals surface area contributed by atoms with E-state index in [1.807, 2.05) is 6.92 Å². The summed E-state index contributed by atoms with van der Waals surface area (Å²) in [5, 5.41) is 0. The van der Waals surface area contributed by atoms with Crippen LogP contribution in [0.15, 0.2) is 50.9 Å². The van der Waals surface area contributed by atoms with Crippen molar-refractivity contribution in [2.75, 3.05) is 4.72 Å². The molecule has 0 saturated heterocycles. The predicted molar refractivity (Wildman–Crippen MR) is 115 cm³/mol. The van der Waals surface area contributed by atoms with Gasteiger partial charge in [-0.15, -0.1) is 0 Å². The van der Waals surface area contributed by atoms with Crippen molar-refractivity contribution in [3.8, 4) is 0 Å².